The molecule has 1 aromatic rings. The third-order valence-electron chi connectivity index (χ3n) is 2.44. The molecule has 1 aliphatic heterocycles. The van der Waals surface area contributed by atoms with E-state index in [2.05, 4.69) is 4.98 Å². The van der Waals surface area contributed by atoms with Crippen molar-refractivity contribution in [1.82, 2.24) is 14.5 Å². The van der Waals surface area contributed by atoms with Gasteiger partial charge in [0.05, 0.1) is 18.6 Å². The first-order valence-electron chi connectivity index (χ1n) is 4.50. The summed E-state index contributed by atoms with van der Waals surface area (Å²) in [6.45, 7) is 1.60. The number of hydrogen-bond donors (Lipinski definition) is 0. The van der Waals surface area contributed by atoms with Gasteiger partial charge in [0, 0.05) is 26.2 Å². The number of rotatable bonds is 2. The molecule has 0 atom stereocenters. The molecule has 0 aliphatic carbocycles. The minimum atomic E-state index is 0.265. The molecule has 0 radical (unpaired) electrons. The highest BCUT2D eigenvalue weighted by molar-refractivity contribution is 5.77. The number of carbonyl (C=O) groups is 1. The van der Waals surface area contributed by atoms with Crippen LogP contribution in [-0.2, 0) is 18.4 Å². The molecule has 1 aliphatic rings. The Kier molecular flexibility index (Phi) is 2.04. The Labute approximate surface area is 77.2 Å². The minimum absolute atomic E-state index is 0.265. The van der Waals surface area contributed by atoms with Crippen molar-refractivity contribution in [2.45, 2.75) is 19.4 Å². The number of nitrogens with zero attached hydrogens (tertiary/aromatic N) is 3. The predicted molar refractivity (Wildman–Crippen MR) is 47.9 cm³/mol. The van der Waals surface area contributed by atoms with Gasteiger partial charge in [-0.3, -0.25) is 4.79 Å². The summed E-state index contributed by atoms with van der Waals surface area (Å²) in [6, 6.07) is 0. The average Bonchev–Trinajstić information content (AvgIpc) is 2.65. The molecular formula is C9H13N3O. The Morgan fingerprint density at radius 1 is 1.62 bits per heavy atom. The maximum Gasteiger partial charge on any atom is 0.222 e. The summed E-state index contributed by atoms with van der Waals surface area (Å²) < 4.78 is 1.95. The average molecular weight is 179 g/mol. The van der Waals surface area contributed by atoms with Crippen LogP contribution in [0.3, 0.4) is 0 Å². The van der Waals surface area contributed by atoms with Crippen LogP contribution in [0.1, 0.15) is 18.5 Å². The molecule has 13 heavy (non-hydrogen) atoms. The van der Waals surface area contributed by atoms with Gasteiger partial charge in [0.2, 0.25) is 5.91 Å². The van der Waals surface area contributed by atoms with E-state index in [9.17, 15) is 4.79 Å². The molecule has 4 heteroatoms. The van der Waals surface area contributed by atoms with Gasteiger partial charge in [-0.1, -0.05) is 0 Å². The summed E-state index contributed by atoms with van der Waals surface area (Å²) in [4.78, 5) is 17.2. The van der Waals surface area contributed by atoms with Gasteiger partial charge in [0.1, 0.15) is 0 Å². The SMILES string of the molecule is Cn1cncc1CN1CCCC1=O. The van der Waals surface area contributed by atoms with E-state index in [1.54, 1.807) is 6.33 Å². The van der Waals surface area contributed by atoms with Gasteiger partial charge in [-0.15, -0.1) is 0 Å². The zero-order valence-corrected chi connectivity index (χ0v) is 7.73. The van der Waals surface area contributed by atoms with E-state index in [0.717, 1.165) is 18.7 Å². The topological polar surface area (TPSA) is 38.1 Å². The highest BCUT2D eigenvalue weighted by Gasteiger charge is 2.20. The summed E-state index contributed by atoms with van der Waals surface area (Å²) in [6.07, 6.45) is 5.27. The smallest absolute Gasteiger partial charge is 0.222 e. The van der Waals surface area contributed by atoms with Gasteiger partial charge in [-0.25, -0.2) is 4.98 Å². The van der Waals surface area contributed by atoms with E-state index < -0.39 is 0 Å². The molecule has 2 heterocycles. The Balaban J connectivity index is 2.06. The molecule has 1 aromatic heterocycles. The third-order valence-corrected chi connectivity index (χ3v) is 2.44. The molecule has 70 valence electrons. The lowest BCUT2D eigenvalue weighted by Gasteiger charge is -2.14. The fourth-order valence-electron chi connectivity index (χ4n) is 1.60. The van der Waals surface area contributed by atoms with E-state index in [-0.39, 0.29) is 5.91 Å². The number of imidazole rings is 1. The third kappa shape index (κ3) is 1.56. The maximum absolute atomic E-state index is 11.3. The van der Waals surface area contributed by atoms with Crippen LogP contribution in [0.2, 0.25) is 0 Å². The lowest BCUT2D eigenvalue weighted by molar-refractivity contribution is -0.128. The number of aromatic nitrogens is 2. The van der Waals surface area contributed by atoms with Gasteiger partial charge in [0.15, 0.2) is 0 Å². The van der Waals surface area contributed by atoms with Crippen LogP contribution in [0.5, 0.6) is 0 Å². The van der Waals surface area contributed by atoms with E-state index in [1.807, 2.05) is 22.7 Å². The molecule has 0 bridgehead atoms. The molecule has 1 saturated heterocycles. The molecule has 1 amide bonds. The number of amides is 1. The number of hydrogen-bond acceptors (Lipinski definition) is 2. The zero-order valence-electron chi connectivity index (χ0n) is 7.73. The molecule has 0 aromatic carbocycles. The first-order chi connectivity index (χ1) is 6.27. The second kappa shape index (κ2) is 3.20. The van der Waals surface area contributed by atoms with Gasteiger partial charge in [-0.2, -0.15) is 0 Å². The molecule has 2 rings (SSSR count). The van der Waals surface area contributed by atoms with E-state index in [4.69, 9.17) is 0 Å². The van der Waals surface area contributed by atoms with Gasteiger partial charge in [-0.05, 0) is 6.42 Å². The van der Waals surface area contributed by atoms with Crippen molar-refractivity contribution in [3.8, 4) is 0 Å². The first-order valence-corrected chi connectivity index (χ1v) is 4.50. The normalized spacial score (nSPS) is 17.0. The highest BCUT2D eigenvalue weighted by atomic mass is 16.2. The van der Waals surface area contributed by atoms with Crippen LogP contribution < -0.4 is 0 Å². The summed E-state index contributed by atoms with van der Waals surface area (Å²) in [7, 11) is 1.95. The second-order valence-corrected chi connectivity index (χ2v) is 3.41. The number of aryl methyl sites for hydroxylation is 1. The monoisotopic (exact) mass is 179 g/mol. The first kappa shape index (κ1) is 8.29. The summed E-state index contributed by atoms with van der Waals surface area (Å²) in [5, 5.41) is 0. The van der Waals surface area contributed by atoms with Gasteiger partial charge in [0.25, 0.3) is 0 Å². The molecule has 0 N–H and O–H groups in total. The Morgan fingerprint density at radius 3 is 3.00 bits per heavy atom. The van der Waals surface area contributed by atoms with Crippen LogP contribution in [-0.4, -0.2) is 26.9 Å². The van der Waals surface area contributed by atoms with Crippen LogP contribution in [0, 0.1) is 0 Å². The van der Waals surface area contributed by atoms with E-state index >= 15 is 0 Å². The largest absolute Gasteiger partial charge is 0.337 e. The fourth-order valence-corrected chi connectivity index (χ4v) is 1.60. The maximum atomic E-state index is 11.3. The lowest BCUT2D eigenvalue weighted by Crippen LogP contribution is -2.24. The summed E-state index contributed by atoms with van der Waals surface area (Å²) in [5.74, 6) is 0.265. The number of likely N-dealkylation sites (tertiary alicyclic amines) is 1. The minimum Gasteiger partial charge on any atom is -0.337 e. The fraction of sp³-hybridized carbons (Fsp3) is 0.556. The Morgan fingerprint density at radius 2 is 2.46 bits per heavy atom. The molecule has 0 unspecified atom stereocenters. The van der Waals surface area contributed by atoms with Crippen molar-refractivity contribution in [3.63, 3.8) is 0 Å². The molecule has 0 saturated carbocycles. The molecular weight excluding hydrogens is 166 g/mol. The van der Waals surface area contributed by atoms with Gasteiger partial charge < -0.3 is 9.47 Å². The van der Waals surface area contributed by atoms with Crippen LogP contribution in [0.25, 0.3) is 0 Å². The predicted octanol–water partition coefficient (Wildman–Crippen LogP) is 0.542. The van der Waals surface area contributed by atoms with Gasteiger partial charge >= 0.3 is 0 Å². The summed E-state index contributed by atoms with van der Waals surface area (Å²) >= 11 is 0. The lowest BCUT2D eigenvalue weighted by atomic mass is 10.4. The zero-order chi connectivity index (χ0) is 9.26. The van der Waals surface area contributed by atoms with Crippen molar-refractivity contribution in [1.29, 1.82) is 0 Å². The van der Waals surface area contributed by atoms with Crippen LogP contribution >= 0.6 is 0 Å². The van der Waals surface area contributed by atoms with Crippen LogP contribution in [0.4, 0.5) is 0 Å². The standard InChI is InChI=1S/C9H13N3O/c1-11-7-10-5-8(11)6-12-4-2-3-9(12)13/h5,7H,2-4,6H2,1H3. The summed E-state index contributed by atoms with van der Waals surface area (Å²) in [5.41, 5.74) is 1.09. The Bertz CT molecular complexity index is 318. The second-order valence-electron chi connectivity index (χ2n) is 3.41. The van der Waals surface area contributed by atoms with Crippen molar-refractivity contribution in [2.24, 2.45) is 7.05 Å². The highest BCUT2D eigenvalue weighted by Crippen LogP contribution is 2.13. The van der Waals surface area contributed by atoms with Crippen molar-refractivity contribution < 1.29 is 4.79 Å². The van der Waals surface area contributed by atoms with Crippen molar-refractivity contribution in [3.05, 3.63) is 18.2 Å². The van der Waals surface area contributed by atoms with Crippen molar-refractivity contribution >= 4 is 5.91 Å². The molecule has 4 nitrogen and oxygen atoms in total. The number of carbonyl (C=O) groups excluding carboxylic acids is 1. The quantitative estimate of drug-likeness (QED) is 0.664. The Hall–Kier alpha value is -1.32. The van der Waals surface area contributed by atoms with Crippen LogP contribution in [0.15, 0.2) is 12.5 Å². The molecule has 0 spiro atoms. The van der Waals surface area contributed by atoms with E-state index in [1.165, 1.54) is 0 Å². The molecule has 1 fully saturated rings. The van der Waals surface area contributed by atoms with E-state index in [0.29, 0.717) is 13.0 Å². The van der Waals surface area contributed by atoms with Crippen molar-refractivity contribution in [2.75, 3.05) is 6.54 Å².